The van der Waals surface area contributed by atoms with Crippen molar-refractivity contribution in [3.8, 4) is 5.69 Å². The fraction of sp³-hybridized carbons (Fsp3) is 0.297. The number of Topliss-reactive ketones (excluding diaryl/α,β-unsaturated/α-hetero) is 1. The van der Waals surface area contributed by atoms with Crippen molar-refractivity contribution in [3.63, 3.8) is 0 Å². The van der Waals surface area contributed by atoms with Crippen LogP contribution in [0.25, 0.3) is 16.7 Å². The van der Waals surface area contributed by atoms with E-state index in [0.29, 0.717) is 28.5 Å². The van der Waals surface area contributed by atoms with Gasteiger partial charge >= 0.3 is 0 Å². The van der Waals surface area contributed by atoms with Gasteiger partial charge in [-0.05, 0) is 81.1 Å². The molecule has 4 atom stereocenters. The molecule has 1 aliphatic carbocycles. The molecule has 0 radical (unpaired) electrons. The second kappa shape index (κ2) is 9.98. The smallest absolute Gasteiger partial charge is 0.250 e. The molecule has 0 bridgehead atoms. The van der Waals surface area contributed by atoms with E-state index in [4.69, 9.17) is 33.3 Å². The van der Waals surface area contributed by atoms with E-state index in [0.717, 1.165) is 70.7 Å². The summed E-state index contributed by atoms with van der Waals surface area (Å²) >= 11 is 13.5. The summed E-state index contributed by atoms with van der Waals surface area (Å²) in [6.07, 6.45) is 3.82. The van der Waals surface area contributed by atoms with Crippen LogP contribution in [-0.2, 0) is 16.8 Å². The zero-order chi connectivity index (χ0) is 31.4. The highest BCUT2D eigenvalue weighted by Gasteiger charge is 2.77. The average Bonchev–Trinajstić information content (AvgIpc) is 3.65. The van der Waals surface area contributed by atoms with Crippen LogP contribution in [0.1, 0.15) is 64.5 Å². The fourth-order valence-electron chi connectivity index (χ4n) is 9.39. The highest BCUT2D eigenvalue weighted by atomic mass is 35.5. The van der Waals surface area contributed by atoms with Crippen LogP contribution < -0.4 is 5.32 Å². The molecule has 3 aliphatic heterocycles. The van der Waals surface area contributed by atoms with Gasteiger partial charge in [0.15, 0.2) is 11.4 Å². The first-order valence-electron chi connectivity index (χ1n) is 16.0. The summed E-state index contributed by atoms with van der Waals surface area (Å²) in [5.41, 5.74) is 3.92. The topological polar surface area (TPSA) is 80.1 Å². The van der Waals surface area contributed by atoms with E-state index in [2.05, 4.69) is 10.2 Å². The number of fused-ring (bicyclic) bond motifs is 7. The number of hydrogen-bond donors (Lipinski definition) is 1. The number of aromatic nitrogens is 3. The zero-order valence-electron chi connectivity index (χ0n) is 25.3. The number of para-hydroxylation sites is 2. The van der Waals surface area contributed by atoms with Crippen molar-refractivity contribution < 1.29 is 9.59 Å². The molecule has 1 amide bonds. The SMILES string of the molecule is Cc1nn(-c2ccccc2)c2nc3c(cc12)C(=O)[C@]1(CC3)[C@H](c2ccc(Cl)cc2Cl)C2CCCCN2[C@@]12C(=O)Nc1ccccc12. The molecule has 1 N–H and O–H groups in total. The molecule has 5 aromatic rings. The number of nitrogens with one attached hydrogen (secondary N) is 1. The molecular formula is C37H31Cl2N5O2. The lowest BCUT2D eigenvalue weighted by Crippen LogP contribution is -2.61. The third-order valence-corrected chi connectivity index (χ3v) is 11.6. The van der Waals surface area contributed by atoms with Gasteiger partial charge in [0.1, 0.15) is 5.54 Å². The van der Waals surface area contributed by atoms with Crippen LogP contribution in [0.5, 0.6) is 0 Å². The van der Waals surface area contributed by atoms with E-state index < -0.39 is 11.0 Å². The molecule has 4 aliphatic rings. The number of amides is 1. The number of nitrogens with zero attached hydrogens (tertiary/aromatic N) is 4. The van der Waals surface area contributed by atoms with Gasteiger partial charge in [0.05, 0.1) is 22.5 Å². The number of carbonyl (C=O) groups is 2. The Morgan fingerprint density at radius 2 is 1.76 bits per heavy atom. The number of benzene rings is 3. The van der Waals surface area contributed by atoms with Crippen LogP contribution in [0.15, 0.2) is 78.9 Å². The molecule has 9 rings (SSSR count). The molecule has 2 fully saturated rings. The second-order valence-corrected chi connectivity index (χ2v) is 13.9. The van der Waals surface area contributed by atoms with Gasteiger partial charge in [0.25, 0.3) is 5.91 Å². The number of halogens is 2. The summed E-state index contributed by atoms with van der Waals surface area (Å²) < 4.78 is 1.86. The lowest BCUT2D eigenvalue weighted by molar-refractivity contribution is -0.133. The van der Waals surface area contributed by atoms with Crippen molar-refractivity contribution >= 4 is 51.6 Å². The van der Waals surface area contributed by atoms with E-state index in [1.807, 2.05) is 84.4 Å². The van der Waals surface area contributed by atoms with Crippen LogP contribution in [-0.4, -0.2) is 43.9 Å². The van der Waals surface area contributed by atoms with Crippen molar-refractivity contribution in [1.82, 2.24) is 19.7 Å². The Bertz CT molecular complexity index is 2110. The minimum absolute atomic E-state index is 0.0488. The number of ketones is 1. The van der Waals surface area contributed by atoms with Gasteiger partial charge in [-0.15, -0.1) is 0 Å². The Morgan fingerprint density at radius 1 is 0.957 bits per heavy atom. The number of anilines is 1. The molecule has 2 spiro atoms. The van der Waals surface area contributed by atoms with Crippen molar-refractivity contribution in [2.24, 2.45) is 5.41 Å². The molecule has 9 heteroatoms. The van der Waals surface area contributed by atoms with E-state index in [-0.39, 0.29) is 23.7 Å². The predicted molar refractivity (Wildman–Crippen MR) is 179 cm³/mol. The van der Waals surface area contributed by atoms with Crippen LogP contribution in [0.4, 0.5) is 5.69 Å². The molecule has 1 unspecified atom stereocenters. The normalized spacial score (nSPS) is 26.8. The van der Waals surface area contributed by atoms with Gasteiger partial charge in [0.2, 0.25) is 0 Å². The Balaban J connectivity index is 1.33. The highest BCUT2D eigenvalue weighted by Crippen LogP contribution is 2.70. The molecule has 0 saturated carbocycles. The summed E-state index contributed by atoms with van der Waals surface area (Å²) in [5, 5.41) is 9.95. The Kier molecular flexibility index (Phi) is 6.12. The van der Waals surface area contributed by atoms with Crippen molar-refractivity contribution in [1.29, 1.82) is 0 Å². The molecule has 2 saturated heterocycles. The van der Waals surface area contributed by atoms with Crippen molar-refractivity contribution in [2.45, 2.75) is 56.5 Å². The molecule has 46 heavy (non-hydrogen) atoms. The van der Waals surface area contributed by atoms with Gasteiger partial charge in [0, 0.05) is 44.2 Å². The number of piperidine rings is 1. The van der Waals surface area contributed by atoms with Gasteiger partial charge in [-0.25, -0.2) is 9.67 Å². The van der Waals surface area contributed by atoms with Crippen LogP contribution in [0.2, 0.25) is 10.0 Å². The number of hydrogen-bond acceptors (Lipinski definition) is 5. The minimum atomic E-state index is -1.20. The molecule has 3 aromatic carbocycles. The fourth-order valence-corrected chi connectivity index (χ4v) is 9.92. The Hall–Kier alpha value is -4.04. The van der Waals surface area contributed by atoms with Crippen LogP contribution >= 0.6 is 23.2 Å². The largest absolute Gasteiger partial charge is 0.324 e. The van der Waals surface area contributed by atoms with E-state index >= 15 is 4.79 Å². The summed E-state index contributed by atoms with van der Waals surface area (Å²) in [7, 11) is 0. The first-order valence-corrected chi connectivity index (χ1v) is 16.7. The molecule has 7 nitrogen and oxygen atoms in total. The maximum Gasteiger partial charge on any atom is 0.250 e. The van der Waals surface area contributed by atoms with Gasteiger partial charge in [-0.2, -0.15) is 5.10 Å². The van der Waals surface area contributed by atoms with Gasteiger partial charge in [-0.3, -0.25) is 14.5 Å². The van der Waals surface area contributed by atoms with E-state index in [9.17, 15) is 4.79 Å². The molecular weight excluding hydrogens is 617 g/mol. The highest BCUT2D eigenvalue weighted by molar-refractivity contribution is 6.35. The lowest BCUT2D eigenvalue weighted by atomic mass is 9.53. The monoisotopic (exact) mass is 647 g/mol. The van der Waals surface area contributed by atoms with Gasteiger partial charge < -0.3 is 5.32 Å². The van der Waals surface area contributed by atoms with E-state index in [1.54, 1.807) is 6.07 Å². The average molecular weight is 649 g/mol. The van der Waals surface area contributed by atoms with Crippen molar-refractivity contribution in [3.05, 3.63) is 117 Å². The maximum absolute atomic E-state index is 15.8. The molecule has 2 aromatic heterocycles. The maximum atomic E-state index is 15.8. The number of aryl methyl sites for hydroxylation is 2. The van der Waals surface area contributed by atoms with Gasteiger partial charge in [-0.1, -0.05) is 72.1 Å². The predicted octanol–water partition coefficient (Wildman–Crippen LogP) is 7.65. The zero-order valence-corrected chi connectivity index (χ0v) is 26.8. The lowest BCUT2D eigenvalue weighted by Gasteiger charge is -2.49. The number of carbonyl (C=O) groups excluding carboxylic acids is 2. The van der Waals surface area contributed by atoms with Crippen LogP contribution in [0.3, 0.4) is 0 Å². The Labute approximate surface area is 276 Å². The third-order valence-electron chi connectivity index (χ3n) is 11.1. The first kappa shape index (κ1) is 28.2. The van der Waals surface area contributed by atoms with Crippen LogP contribution in [0, 0.1) is 12.3 Å². The summed E-state index contributed by atoms with van der Waals surface area (Å²) in [6.45, 7) is 2.67. The first-order chi connectivity index (χ1) is 22.4. The van der Waals surface area contributed by atoms with E-state index in [1.165, 1.54) is 0 Å². The summed E-state index contributed by atoms with van der Waals surface area (Å²) in [6, 6.07) is 25.3. The second-order valence-electron chi connectivity index (χ2n) is 13.1. The van der Waals surface area contributed by atoms with Crippen molar-refractivity contribution in [2.75, 3.05) is 11.9 Å². The third kappa shape index (κ3) is 3.48. The molecule has 230 valence electrons. The quantitative estimate of drug-likeness (QED) is 0.213. The number of rotatable bonds is 2. The summed E-state index contributed by atoms with van der Waals surface area (Å²) in [5.74, 6) is -0.515. The summed E-state index contributed by atoms with van der Waals surface area (Å²) in [4.78, 5) is 38.0. The Morgan fingerprint density at radius 3 is 2.59 bits per heavy atom. The standard InChI is InChI=1S/C37H31Cl2N5O2/c1-21-25-20-26-29(40-34(25)44(42-21)23-9-3-2-4-10-23)16-17-36(33(26)45)32(24-15-14-22(38)19-28(24)39)31-13-7-8-18-43(31)37(36)27-11-5-6-12-30(27)41-35(37)46/h2-6,9-12,14-15,19-20,31-32H,7-8,13,16-18H2,1H3,(H,41,46)/t31?,32-,36+,37+/m1/s1. The minimum Gasteiger partial charge on any atom is -0.324 e. The number of pyridine rings is 1. The molecule has 5 heterocycles.